The number of aromatic hydroxyl groups is 2. The van der Waals surface area contributed by atoms with Gasteiger partial charge in [-0.05, 0) is 24.1 Å². The third-order valence-corrected chi connectivity index (χ3v) is 3.39. The molecule has 0 aliphatic carbocycles. The molecular formula is C16H25NO4. The van der Waals surface area contributed by atoms with Crippen molar-refractivity contribution >= 4 is 5.91 Å². The summed E-state index contributed by atoms with van der Waals surface area (Å²) in [5, 5.41) is 31.1. The molecule has 0 aliphatic heterocycles. The molecule has 0 aliphatic rings. The van der Waals surface area contributed by atoms with Gasteiger partial charge in [-0.15, -0.1) is 0 Å². The first-order chi connectivity index (χ1) is 10.1. The van der Waals surface area contributed by atoms with Crippen LogP contribution in [0, 0.1) is 0 Å². The molecule has 1 atom stereocenters. The second kappa shape index (κ2) is 9.23. The molecule has 0 saturated carbocycles. The maximum absolute atomic E-state index is 11.8. The summed E-state index contributed by atoms with van der Waals surface area (Å²) in [5.74, 6) is -1.12. The molecule has 1 aromatic rings. The number of rotatable bonds is 9. The summed E-state index contributed by atoms with van der Waals surface area (Å²) in [6, 6.07) is 3.84. The first kappa shape index (κ1) is 17.3. The summed E-state index contributed by atoms with van der Waals surface area (Å²) in [7, 11) is 0. The number of carbonyl (C=O) groups excluding carboxylic acids is 1. The van der Waals surface area contributed by atoms with Gasteiger partial charge in [-0.2, -0.15) is 0 Å². The van der Waals surface area contributed by atoms with Crippen LogP contribution in [0.25, 0.3) is 0 Å². The molecule has 0 heterocycles. The highest BCUT2D eigenvalue weighted by molar-refractivity contribution is 5.82. The predicted molar refractivity (Wildman–Crippen MR) is 81.1 cm³/mol. The van der Waals surface area contributed by atoms with Crippen LogP contribution in [0.2, 0.25) is 0 Å². The summed E-state index contributed by atoms with van der Waals surface area (Å²) in [5.41, 5.74) is 0.255. The number of hydrogen-bond acceptors (Lipinski definition) is 4. The average Bonchev–Trinajstić information content (AvgIpc) is 2.48. The Balaban J connectivity index is 2.29. The molecule has 118 valence electrons. The molecule has 1 rings (SSSR count). The molecule has 0 bridgehead atoms. The molecule has 0 fully saturated rings. The molecule has 0 saturated heterocycles. The number of carbonyl (C=O) groups is 1. The van der Waals surface area contributed by atoms with Gasteiger partial charge in [0.05, 0.1) is 0 Å². The third-order valence-electron chi connectivity index (χ3n) is 3.39. The zero-order valence-corrected chi connectivity index (χ0v) is 12.5. The minimum Gasteiger partial charge on any atom is -0.504 e. The Morgan fingerprint density at radius 1 is 1.10 bits per heavy atom. The minimum atomic E-state index is -1.34. The molecule has 21 heavy (non-hydrogen) atoms. The Morgan fingerprint density at radius 3 is 2.43 bits per heavy atom. The summed E-state index contributed by atoms with van der Waals surface area (Å²) >= 11 is 0. The molecule has 5 heteroatoms. The van der Waals surface area contributed by atoms with Crippen molar-refractivity contribution in [3.8, 4) is 11.5 Å². The van der Waals surface area contributed by atoms with Crippen molar-refractivity contribution in [1.82, 2.24) is 5.32 Å². The quantitative estimate of drug-likeness (QED) is 0.416. The summed E-state index contributed by atoms with van der Waals surface area (Å²) in [6.45, 7) is 2.70. The number of aliphatic hydroxyl groups excluding tert-OH is 1. The van der Waals surface area contributed by atoms with Gasteiger partial charge in [0.2, 0.25) is 0 Å². The average molecular weight is 295 g/mol. The topological polar surface area (TPSA) is 89.8 Å². The fourth-order valence-electron chi connectivity index (χ4n) is 2.08. The lowest BCUT2D eigenvalue weighted by Crippen LogP contribution is -2.30. The second-order valence-corrected chi connectivity index (χ2v) is 5.21. The monoisotopic (exact) mass is 295 g/mol. The van der Waals surface area contributed by atoms with E-state index in [2.05, 4.69) is 12.2 Å². The van der Waals surface area contributed by atoms with Crippen molar-refractivity contribution in [3.63, 3.8) is 0 Å². The third kappa shape index (κ3) is 6.04. The Hall–Kier alpha value is -1.75. The van der Waals surface area contributed by atoms with Gasteiger partial charge >= 0.3 is 0 Å². The lowest BCUT2D eigenvalue weighted by molar-refractivity contribution is -0.129. The lowest BCUT2D eigenvalue weighted by Gasteiger charge is -2.12. The maximum Gasteiger partial charge on any atom is 0.253 e. The van der Waals surface area contributed by atoms with Crippen molar-refractivity contribution in [3.05, 3.63) is 23.8 Å². The van der Waals surface area contributed by atoms with Gasteiger partial charge in [0.25, 0.3) is 5.91 Å². The number of benzene rings is 1. The largest absolute Gasteiger partial charge is 0.504 e. The van der Waals surface area contributed by atoms with Crippen LogP contribution < -0.4 is 5.32 Å². The van der Waals surface area contributed by atoms with Crippen LogP contribution in [-0.2, 0) is 4.79 Å². The van der Waals surface area contributed by atoms with Crippen LogP contribution in [0.4, 0.5) is 0 Å². The van der Waals surface area contributed by atoms with Crippen LogP contribution in [0.1, 0.15) is 57.1 Å². The maximum atomic E-state index is 11.8. The van der Waals surface area contributed by atoms with Crippen molar-refractivity contribution in [2.45, 2.75) is 51.6 Å². The van der Waals surface area contributed by atoms with Gasteiger partial charge in [0.15, 0.2) is 17.6 Å². The van der Waals surface area contributed by atoms with Gasteiger partial charge in [-0.25, -0.2) is 0 Å². The van der Waals surface area contributed by atoms with E-state index in [9.17, 15) is 20.1 Å². The van der Waals surface area contributed by atoms with Gasteiger partial charge in [0.1, 0.15) is 0 Å². The highest BCUT2D eigenvalue weighted by Gasteiger charge is 2.17. The van der Waals surface area contributed by atoms with E-state index in [4.69, 9.17) is 0 Å². The molecular weight excluding hydrogens is 270 g/mol. The van der Waals surface area contributed by atoms with Crippen molar-refractivity contribution in [2.24, 2.45) is 0 Å². The first-order valence-corrected chi connectivity index (χ1v) is 7.54. The Bertz CT molecular complexity index is 448. The van der Waals surface area contributed by atoms with Gasteiger partial charge in [-0.3, -0.25) is 4.79 Å². The van der Waals surface area contributed by atoms with Crippen molar-refractivity contribution in [1.29, 1.82) is 0 Å². The van der Waals surface area contributed by atoms with Crippen LogP contribution >= 0.6 is 0 Å². The fraction of sp³-hybridized carbons (Fsp3) is 0.562. The molecule has 0 spiro atoms. The smallest absolute Gasteiger partial charge is 0.253 e. The molecule has 4 N–H and O–H groups in total. The van der Waals surface area contributed by atoms with Crippen LogP contribution in [0.5, 0.6) is 11.5 Å². The molecule has 1 amide bonds. The van der Waals surface area contributed by atoms with E-state index in [1.54, 1.807) is 0 Å². The number of hydrogen-bond donors (Lipinski definition) is 4. The second-order valence-electron chi connectivity index (χ2n) is 5.21. The molecule has 1 unspecified atom stereocenters. The zero-order valence-electron chi connectivity index (χ0n) is 12.5. The number of amides is 1. The van der Waals surface area contributed by atoms with E-state index >= 15 is 0 Å². The number of phenolic OH excluding ortho intramolecular Hbond substituents is 2. The van der Waals surface area contributed by atoms with Crippen molar-refractivity contribution < 1.29 is 20.1 Å². The Labute approximate surface area is 125 Å². The highest BCUT2D eigenvalue weighted by Crippen LogP contribution is 2.27. The standard InChI is InChI=1S/C16H25NO4/c1-2-3-4-5-6-7-10-17-16(21)15(20)12-8-9-13(18)14(19)11-12/h8-9,11,15,18-20H,2-7,10H2,1H3,(H,17,21). The normalized spacial score (nSPS) is 12.1. The summed E-state index contributed by atoms with van der Waals surface area (Å²) in [4.78, 5) is 11.8. The minimum absolute atomic E-state index is 0.255. The predicted octanol–water partition coefficient (Wildman–Crippen LogP) is 2.61. The fourth-order valence-corrected chi connectivity index (χ4v) is 2.08. The number of aliphatic hydroxyl groups is 1. The Morgan fingerprint density at radius 2 is 1.76 bits per heavy atom. The van der Waals surface area contributed by atoms with Crippen LogP contribution in [0.15, 0.2) is 18.2 Å². The highest BCUT2D eigenvalue weighted by atomic mass is 16.3. The number of unbranched alkanes of at least 4 members (excludes halogenated alkanes) is 5. The summed E-state index contributed by atoms with van der Waals surface area (Å²) in [6.07, 6.45) is 5.46. The molecule has 5 nitrogen and oxygen atoms in total. The van der Waals surface area contributed by atoms with Crippen molar-refractivity contribution in [2.75, 3.05) is 6.54 Å². The van der Waals surface area contributed by atoms with Gasteiger partial charge in [0, 0.05) is 6.54 Å². The SMILES string of the molecule is CCCCCCCCNC(=O)C(O)c1ccc(O)c(O)c1. The number of phenols is 2. The van der Waals surface area contributed by atoms with Gasteiger partial charge < -0.3 is 20.6 Å². The molecule has 1 aromatic carbocycles. The van der Waals surface area contributed by atoms with Gasteiger partial charge in [-0.1, -0.05) is 45.1 Å². The number of nitrogens with one attached hydrogen (secondary N) is 1. The van der Waals surface area contributed by atoms with E-state index in [0.717, 1.165) is 19.3 Å². The van der Waals surface area contributed by atoms with E-state index in [1.807, 2.05) is 0 Å². The van der Waals surface area contributed by atoms with E-state index < -0.39 is 12.0 Å². The van der Waals surface area contributed by atoms with Crippen LogP contribution in [-0.4, -0.2) is 27.8 Å². The molecule has 0 aromatic heterocycles. The van der Waals surface area contributed by atoms with E-state index in [-0.39, 0.29) is 17.1 Å². The lowest BCUT2D eigenvalue weighted by atomic mass is 10.1. The first-order valence-electron chi connectivity index (χ1n) is 7.54. The summed E-state index contributed by atoms with van der Waals surface area (Å²) < 4.78 is 0. The van der Waals surface area contributed by atoms with Crippen LogP contribution in [0.3, 0.4) is 0 Å². The van der Waals surface area contributed by atoms with E-state index in [1.165, 1.54) is 37.5 Å². The zero-order chi connectivity index (χ0) is 15.7. The Kier molecular flexibility index (Phi) is 7.61. The van der Waals surface area contributed by atoms with E-state index in [0.29, 0.717) is 6.54 Å². The molecule has 0 radical (unpaired) electrons.